The summed E-state index contributed by atoms with van der Waals surface area (Å²) in [6, 6.07) is 20.3. The molecule has 12 heteroatoms. The van der Waals surface area contributed by atoms with Crippen molar-refractivity contribution >= 4 is 41.2 Å². The highest BCUT2D eigenvalue weighted by Crippen LogP contribution is 2.26. The number of hydrazone groups is 1. The van der Waals surface area contributed by atoms with Gasteiger partial charge in [0.15, 0.2) is 0 Å². The minimum absolute atomic E-state index is 0.113. The number of aliphatic hydroxyl groups is 1. The van der Waals surface area contributed by atoms with Crippen LogP contribution in [0.15, 0.2) is 71.8 Å². The number of carbonyl (C=O) groups is 2. The minimum Gasteiger partial charge on any atom is -0.497 e. The molecule has 2 fully saturated rings. The first-order valence-corrected chi connectivity index (χ1v) is 16.4. The molecule has 3 aromatic rings. The molecule has 11 nitrogen and oxygen atoms in total. The zero-order valence-electron chi connectivity index (χ0n) is 25.6. The van der Waals surface area contributed by atoms with Gasteiger partial charge >= 0.3 is 0 Å². The Morgan fingerprint density at radius 1 is 0.956 bits per heavy atom. The lowest BCUT2D eigenvalue weighted by Gasteiger charge is -2.43. The second-order valence-corrected chi connectivity index (χ2v) is 11.9. The summed E-state index contributed by atoms with van der Waals surface area (Å²) in [4.78, 5) is 29.1. The SMILES string of the molecule is COc1ccc(C=NNC(=O)c2cc(N3CCN(N4CCNCC4)CC3)ccc2NC(=O)c2cccc(CSCCO)c2)cc1. The fraction of sp³-hybridized carbons (Fsp3) is 0.364. The molecule has 4 N–H and O–H groups in total. The van der Waals surface area contributed by atoms with Crippen molar-refractivity contribution in [3.05, 3.63) is 89.0 Å². The molecule has 0 spiro atoms. The van der Waals surface area contributed by atoms with E-state index in [1.807, 2.05) is 54.6 Å². The number of rotatable bonds is 12. The first-order chi connectivity index (χ1) is 22.0. The number of ether oxygens (including phenoxy) is 1. The van der Waals surface area contributed by atoms with E-state index in [1.165, 1.54) is 0 Å². The van der Waals surface area contributed by atoms with Gasteiger partial charge in [-0.15, -0.1) is 0 Å². The van der Waals surface area contributed by atoms with E-state index in [0.717, 1.165) is 74.9 Å². The van der Waals surface area contributed by atoms with Crippen LogP contribution < -0.4 is 25.7 Å². The van der Waals surface area contributed by atoms with Crippen LogP contribution in [-0.2, 0) is 5.75 Å². The number of hydrogen-bond donors (Lipinski definition) is 4. The van der Waals surface area contributed by atoms with E-state index in [4.69, 9.17) is 9.84 Å². The van der Waals surface area contributed by atoms with Crippen molar-refractivity contribution in [1.29, 1.82) is 0 Å². The number of amides is 2. The first kappa shape index (κ1) is 32.5. The number of benzene rings is 3. The third-order valence-corrected chi connectivity index (χ3v) is 8.81. The molecule has 2 amide bonds. The van der Waals surface area contributed by atoms with Gasteiger partial charge in [0.05, 0.1) is 31.2 Å². The van der Waals surface area contributed by atoms with Crippen molar-refractivity contribution in [2.75, 3.05) is 82.0 Å². The summed E-state index contributed by atoms with van der Waals surface area (Å²) >= 11 is 1.60. The number of hydrazine groups is 1. The second kappa shape index (κ2) is 16.4. The lowest BCUT2D eigenvalue weighted by molar-refractivity contribution is -0.0375. The van der Waals surface area contributed by atoms with Crippen LogP contribution in [-0.4, -0.2) is 105 Å². The summed E-state index contributed by atoms with van der Waals surface area (Å²) in [6.07, 6.45) is 1.56. The predicted molar refractivity (Wildman–Crippen MR) is 180 cm³/mol. The normalized spacial score (nSPS) is 16.1. The van der Waals surface area contributed by atoms with E-state index >= 15 is 0 Å². The third-order valence-electron chi connectivity index (χ3n) is 7.80. The lowest BCUT2D eigenvalue weighted by atomic mass is 10.1. The van der Waals surface area contributed by atoms with Crippen molar-refractivity contribution in [2.24, 2.45) is 5.10 Å². The third kappa shape index (κ3) is 9.05. The summed E-state index contributed by atoms with van der Waals surface area (Å²) in [5.74, 6) is 1.32. The summed E-state index contributed by atoms with van der Waals surface area (Å²) in [5.41, 5.74) is 6.56. The van der Waals surface area contributed by atoms with Gasteiger partial charge in [0.1, 0.15) is 5.75 Å². The Labute approximate surface area is 268 Å². The number of nitrogens with zero attached hydrogens (tertiary/aromatic N) is 4. The van der Waals surface area contributed by atoms with Crippen LogP contribution in [0.3, 0.4) is 0 Å². The molecule has 2 saturated heterocycles. The van der Waals surface area contributed by atoms with Crippen LogP contribution in [0.1, 0.15) is 31.8 Å². The fourth-order valence-corrected chi connectivity index (χ4v) is 6.05. The van der Waals surface area contributed by atoms with Crippen LogP contribution in [0.5, 0.6) is 5.75 Å². The monoisotopic (exact) mass is 631 g/mol. The van der Waals surface area contributed by atoms with Gasteiger partial charge in [-0.2, -0.15) is 16.9 Å². The Bertz CT molecular complexity index is 1460. The maximum atomic E-state index is 13.5. The van der Waals surface area contributed by atoms with Gasteiger partial charge < -0.3 is 25.4 Å². The molecule has 0 saturated carbocycles. The molecule has 0 aliphatic carbocycles. The van der Waals surface area contributed by atoms with E-state index in [2.05, 4.69) is 36.1 Å². The van der Waals surface area contributed by atoms with E-state index in [0.29, 0.717) is 28.3 Å². The molecule has 0 unspecified atom stereocenters. The maximum absolute atomic E-state index is 13.5. The number of thioether (sulfide) groups is 1. The van der Waals surface area contributed by atoms with Gasteiger partial charge in [0.25, 0.3) is 11.8 Å². The molecular formula is C33H41N7O4S. The molecule has 2 aliphatic rings. The van der Waals surface area contributed by atoms with Gasteiger partial charge in [-0.1, -0.05) is 12.1 Å². The highest BCUT2D eigenvalue weighted by molar-refractivity contribution is 7.98. The summed E-state index contributed by atoms with van der Waals surface area (Å²) in [6.45, 7) is 7.60. The van der Waals surface area contributed by atoms with Gasteiger partial charge in [0, 0.05) is 75.1 Å². The fourth-order valence-electron chi connectivity index (χ4n) is 5.37. The number of aliphatic hydroxyl groups excluding tert-OH is 1. The Balaban J connectivity index is 1.32. The topological polar surface area (TPSA) is 122 Å². The van der Waals surface area contributed by atoms with Crippen molar-refractivity contribution in [3.63, 3.8) is 0 Å². The Morgan fingerprint density at radius 3 is 2.44 bits per heavy atom. The van der Waals surface area contributed by atoms with Crippen LogP contribution >= 0.6 is 11.8 Å². The average molecular weight is 632 g/mol. The lowest BCUT2D eigenvalue weighted by Crippen LogP contribution is -2.58. The molecular weight excluding hydrogens is 590 g/mol. The van der Waals surface area contributed by atoms with Gasteiger partial charge in [-0.25, -0.2) is 15.4 Å². The zero-order chi connectivity index (χ0) is 31.4. The van der Waals surface area contributed by atoms with Crippen molar-refractivity contribution in [1.82, 2.24) is 20.8 Å². The molecule has 5 rings (SSSR count). The predicted octanol–water partition coefficient (Wildman–Crippen LogP) is 2.88. The standard InChI is InChI=1S/C33H41N7O4S/c1-44-29-8-5-25(6-9-29)23-35-37-33(43)30-22-28(38-15-17-40(18-16-38)39-13-11-34-12-14-39)7-10-31(30)36-32(42)27-4-2-3-26(21-27)24-45-20-19-41/h2-10,21-23,34,41H,11-20,24H2,1H3,(H,36,42)(H,37,43). The van der Waals surface area contributed by atoms with Crippen LogP contribution in [0.4, 0.5) is 11.4 Å². The van der Waals surface area contributed by atoms with Crippen molar-refractivity contribution < 1.29 is 19.4 Å². The molecule has 2 heterocycles. The molecule has 0 bridgehead atoms. The Kier molecular flexibility index (Phi) is 11.8. The Morgan fingerprint density at radius 2 is 1.71 bits per heavy atom. The smallest absolute Gasteiger partial charge is 0.273 e. The number of nitrogens with one attached hydrogen (secondary N) is 3. The maximum Gasteiger partial charge on any atom is 0.273 e. The zero-order valence-corrected chi connectivity index (χ0v) is 26.4. The molecule has 0 aromatic heterocycles. The van der Waals surface area contributed by atoms with E-state index in [9.17, 15) is 9.59 Å². The Hall–Kier alpha value is -3.94. The number of methoxy groups -OCH3 is 1. The first-order valence-electron chi connectivity index (χ1n) is 15.2. The number of carbonyl (C=O) groups excluding carboxylic acids is 2. The molecule has 2 aliphatic heterocycles. The van der Waals surface area contributed by atoms with E-state index in [-0.39, 0.29) is 12.5 Å². The summed E-state index contributed by atoms with van der Waals surface area (Å²) < 4.78 is 5.20. The van der Waals surface area contributed by atoms with Crippen LogP contribution in [0.25, 0.3) is 0 Å². The van der Waals surface area contributed by atoms with Gasteiger partial charge in [0.2, 0.25) is 0 Å². The highest BCUT2D eigenvalue weighted by Gasteiger charge is 2.24. The number of piperazine rings is 2. The molecule has 3 aromatic carbocycles. The molecule has 0 atom stereocenters. The van der Waals surface area contributed by atoms with Gasteiger partial charge in [-0.3, -0.25) is 9.59 Å². The molecule has 45 heavy (non-hydrogen) atoms. The largest absolute Gasteiger partial charge is 0.497 e. The molecule has 0 radical (unpaired) electrons. The quantitative estimate of drug-likeness (QED) is 0.136. The summed E-state index contributed by atoms with van der Waals surface area (Å²) in [5, 5.41) is 24.5. The van der Waals surface area contributed by atoms with E-state index < -0.39 is 5.91 Å². The average Bonchev–Trinajstić information content (AvgIpc) is 3.09. The van der Waals surface area contributed by atoms with Crippen molar-refractivity contribution in [3.8, 4) is 5.75 Å². The second-order valence-electron chi connectivity index (χ2n) is 10.8. The number of hydrogen-bond acceptors (Lipinski definition) is 10. The highest BCUT2D eigenvalue weighted by atomic mass is 32.2. The van der Waals surface area contributed by atoms with E-state index in [1.54, 1.807) is 37.2 Å². The minimum atomic E-state index is -0.425. The van der Waals surface area contributed by atoms with Gasteiger partial charge in [-0.05, 0) is 65.7 Å². The van der Waals surface area contributed by atoms with Crippen LogP contribution in [0.2, 0.25) is 0 Å². The van der Waals surface area contributed by atoms with Crippen molar-refractivity contribution in [2.45, 2.75) is 5.75 Å². The summed E-state index contributed by atoms with van der Waals surface area (Å²) in [7, 11) is 1.61. The number of anilines is 2. The molecule has 238 valence electrons. The van der Waals surface area contributed by atoms with Crippen LogP contribution in [0, 0.1) is 0 Å².